The summed E-state index contributed by atoms with van der Waals surface area (Å²) in [4.78, 5) is 16.6. The van der Waals surface area contributed by atoms with Gasteiger partial charge in [-0.05, 0) is 81.8 Å². The van der Waals surface area contributed by atoms with Crippen molar-refractivity contribution < 1.29 is 0 Å². The third-order valence-corrected chi connectivity index (χ3v) is 7.07. The Morgan fingerprint density at radius 1 is 0.844 bits per heavy atom. The molecule has 1 aromatic heterocycles. The third-order valence-electron chi connectivity index (χ3n) is 7.07. The summed E-state index contributed by atoms with van der Waals surface area (Å²) in [5.41, 5.74) is 3.52. The van der Waals surface area contributed by atoms with E-state index in [1.165, 1.54) is 62.6 Å². The van der Waals surface area contributed by atoms with Crippen molar-refractivity contribution in [3.05, 3.63) is 29.3 Å². The summed E-state index contributed by atoms with van der Waals surface area (Å²) in [7, 11) is 0. The van der Waals surface area contributed by atoms with Crippen molar-refractivity contribution in [3.63, 3.8) is 0 Å². The number of nitrogens with zero attached hydrogens (tertiary/aromatic N) is 4. The molecular weight excluding hydrogens is 398 g/mol. The number of hydrogen-bond donors (Lipinski definition) is 3. The fourth-order valence-electron chi connectivity index (χ4n) is 4.92. The van der Waals surface area contributed by atoms with Crippen LogP contribution < -0.4 is 16.0 Å². The smallest absolute Gasteiger partial charge is 0.233 e. The van der Waals surface area contributed by atoms with Crippen LogP contribution in [-0.4, -0.2) is 52.1 Å². The Morgan fingerprint density at radius 2 is 1.56 bits per heavy atom. The van der Waals surface area contributed by atoms with Gasteiger partial charge in [-0.1, -0.05) is 32.3 Å². The Kier molecular flexibility index (Phi) is 7.79. The Hall–Kier alpha value is -2.41. The lowest BCUT2D eigenvalue weighted by Gasteiger charge is -2.23. The van der Waals surface area contributed by atoms with Crippen LogP contribution in [0.2, 0.25) is 0 Å². The molecule has 1 aliphatic carbocycles. The maximum Gasteiger partial charge on any atom is 0.233 e. The molecule has 0 amide bonds. The van der Waals surface area contributed by atoms with Gasteiger partial charge >= 0.3 is 0 Å². The zero-order valence-electron chi connectivity index (χ0n) is 20.0. The molecule has 32 heavy (non-hydrogen) atoms. The first-order chi connectivity index (χ1) is 15.6. The Balaban J connectivity index is 1.47. The highest BCUT2D eigenvalue weighted by molar-refractivity contribution is 5.57. The van der Waals surface area contributed by atoms with Gasteiger partial charge in [0.25, 0.3) is 0 Å². The zero-order chi connectivity index (χ0) is 22.3. The number of aromatic nitrogens is 3. The molecule has 1 saturated heterocycles. The lowest BCUT2D eigenvalue weighted by Crippen LogP contribution is -2.35. The van der Waals surface area contributed by atoms with Crippen LogP contribution in [0.25, 0.3) is 0 Å². The van der Waals surface area contributed by atoms with Gasteiger partial charge in [-0.3, -0.25) is 4.90 Å². The van der Waals surface area contributed by atoms with E-state index in [1.807, 2.05) is 0 Å². The standard InChI is InChI=1S/C25H39N7/c1-4-32-14-8-11-22(32)17-27-24-29-23(26-16-20-9-6-5-7-10-20)30-25(31-24)28-21-13-12-18(2)19(3)15-21/h12-13,15,20,22H,4-11,14,16-17H2,1-3H3,(H3,26,27,28,29,30,31). The largest absolute Gasteiger partial charge is 0.354 e. The van der Waals surface area contributed by atoms with E-state index >= 15 is 0 Å². The number of likely N-dealkylation sites (N-methyl/N-ethyl adjacent to an activating group) is 1. The van der Waals surface area contributed by atoms with Crippen molar-refractivity contribution in [1.82, 2.24) is 19.9 Å². The average molecular weight is 438 g/mol. The van der Waals surface area contributed by atoms with Crippen molar-refractivity contribution in [3.8, 4) is 0 Å². The number of rotatable bonds is 9. The molecule has 2 aliphatic rings. The molecule has 3 N–H and O–H groups in total. The minimum absolute atomic E-state index is 0.548. The molecular formula is C25H39N7. The maximum absolute atomic E-state index is 4.70. The molecule has 0 bridgehead atoms. The predicted molar refractivity (Wildman–Crippen MR) is 133 cm³/mol. The van der Waals surface area contributed by atoms with E-state index in [0.29, 0.717) is 29.8 Å². The van der Waals surface area contributed by atoms with Crippen molar-refractivity contribution in [2.75, 3.05) is 42.1 Å². The van der Waals surface area contributed by atoms with Gasteiger partial charge < -0.3 is 16.0 Å². The minimum Gasteiger partial charge on any atom is -0.354 e. The Bertz CT molecular complexity index is 879. The molecule has 0 spiro atoms. The SMILES string of the molecule is CCN1CCCC1CNc1nc(NCC2CCCCC2)nc(Nc2ccc(C)c(C)c2)n1. The van der Waals surface area contributed by atoms with Crippen molar-refractivity contribution in [1.29, 1.82) is 0 Å². The second kappa shape index (κ2) is 10.9. The highest BCUT2D eigenvalue weighted by Crippen LogP contribution is 2.24. The topological polar surface area (TPSA) is 78.0 Å². The monoisotopic (exact) mass is 437 g/mol. The van der Waals surface area contributed by atoms with Crippen molar-refractivity contribution >= 4 is 23.5 Å². The number of benzene rings is 1. The van der Waals surface area contributed by atoms with Gasteiger partial charge in [0.2, 0.25) is 17.8 Å². The molecule has 4 rings (SSSR count). The summed E-state index contributed by atoms with van der Waals surface area (Å²) < 4.78 is 0. The van der Waals surface area contributed by atoms with E-state index < -0.39 is 0 Å². The fraction of sp³-hybridized carbons (Fsp3) is 0.640. The summed E-state index contributed by atoms with van der Waals surface area (Å²) in [5.74, 6) is 2.58. The number of hydrogen-bond acceptors (Lipinski definition) is 7. The van der Waals surface area contributed by atoms with E-state index in [0.717, 1.165) is 25.3 Å². The molecule has 0 radical (unpaired) electrons. The maximum atomic E-state index is 4.70. The van der Waals surface area contributed by atoms with E-state index in [2.05, 4.69) is 69.8 Å². The molecule has 1 aromatic carbocycles. The molecule has 1 aliphatic heterocycles. The van der Waals surface area contributed by atoms with E-state index in [9.17, 15) is 0 Å². The van der Waals surface area contributed by atoms with Crippen LogP contribution in [0.15, 0.2) is 18.2 Å². The van der Waals surface area contributed by atoms with Gasteiger partial charge in [0, 0.05) is 24.8 Å². The Morgan fingerprint density at radius 3 is 2.28 bits per heavy atom. The van der Waals surface area contributed by atoms with Crippen molar-refractivity contribution in [2.45, 2.75) is 71.8 Å². The first-order valence-electron chi connectivity index (χ1n) is 12.4. The summed E-state index contributed by atoms with van der Waals surface area (Å²) >= 11 is 0. The first-order valence-corrected chi connectivity index (χ1v) is 12.4. The van der Waals surface area contributed by atoms with Crippen LogP contribution in [0, 0.1) is 19.8 Å². The zero-order valence-corrected chi connectivity index (χ0v) is 20.0. The van der Waals surface area contributed by atoms with E-state index in [1.54, 1.807) is 0 Å². The molecule has 1 atom stereocenters. The average Bonchev–Trinajstić information content (AvgIpc) is 3.27. The first kappa shape index (κ1) is 22.8. The molecule has 7 heteroatoms. The molecule has 2 fully saturated rings. The summed E-state index contributed by atoms with van der Waals surface area (Å²) in [5, 5.41) is 10.4. The normalized spacial score (nSPS) is 19.8. The molecule has 1 saturated carbocycles. The van der Waals surface area contributed by atoms with Crippen LogP contribution in [0.3, 0.4) is 0 Å². The minimum atomic E-state index is 0.548. The number of anilines is 4. The molecule has 174 valence electrons. The van der Waals surface area contributed by atoms with Crippen LogP contribution in [0.4, 0.5) is 23.5 Å². The summed E-state index contributed by atoms with van der Waals surface area (Å²) in [6.45, 7) is 10.6. The molecule has 2 aromatic rings. The Labute approximate surface area is 192 Å². The van der Waals surface area contributed by atoms with Gasteiger partial charge in [-0.2, -0.15) is 15.0 Å². The fourth-order valence-corrected chi connectivity index (χ4v) is 4.92. The van der Waals surface area contributed by atoms with Gasteiger partial charge in [-0.15, -0.1) is 0 Å². The van der Waals surface area contributed by atoms with Crippen LogP contribution in [0.1, 0.15) is 63.0 Å². The molecule has 2 heterocycles. The van der Waals surface area contributed by atoms with E-state index in [-0.39, 0.29) is 0 Å². The van der Waals surface area contributed by atoms with Gasteiger partial charge in [0.05, 0.1) is 0 Å². The third kappa shape index (κ3) is 6.09. The highest BCUT2D eigenvalue weighted by atomic mass is 15.3. The number of likely N-dealkylation sites (tertiary alicyclic amines) is 1. The summed E-state index contributed by atoms with van der Waals surface area (Å²) in [6.07, 6.45) is 9.14. The number of aryl methyl sites for hydroxylation is 2. The lowest BCUT2D eigenvalue weighted by molar-refractivity contribution is 0.277. The predicted octanol–water partition coefficient (Wildman–Crippen LogP) is 5.12. The molecule has 1 unspecified atom stereocenters. The van der Waals surface area contributed by atoms with Gasteiger partial charge in [0.15, 0.2) is 0 Å². The quantitative estimate of drug-likeness (QED) is 0.502. The lowest BCUT2D eigenvalue weighted by atomic mass is 9.89. The van der Waals surface area contributed by atoms with Crippen LogP contribution in [0.5, 0.6) is 0 Å². The van der Waals surface area contributed by atoms with Gasteiger partial charge in [-0.25, -0.2) is 0 Å². The second-order valence-electron chi connectivity index (χ2n) is 9.42. The van der Waals surface area contributed by atoms with Crippen molar-refractivity contribution in [2.24, 2.45) is 5.92 Å². The second-order valence-corrected chi connectivity index (χ2v) is 9.42. The van der Waals surface area contributed by atoms with E-state index in [4.69, 9.17) is 4.98 Å². The van der Waals surface area contributed by atoms with Crippen LogP contribution in [-0.2, 0) is 0 Å². The van der Waals surface area contributed by atoms with Gasteiger partial charge in [0.1, 0.15) is 0 Å². The summed E-state index contributed by atoms with van der Waals surface area (Å²) in [6, 6.07) is 6.89. The number of nitrogens with one attached hydrogen (secondary N) is 3. The van der Waals surface area contributed by atoms with Crippen LogP contribution >= 0.6 is 0 Å². The highest BCUT2D eigenvalue weighted by Gasteiger charge is 2.23. The molecule has 7 nitrogen and oxygen atoms in total.